The summed E-state index contributed by atoms with van der Waals surface area (Å²) in [5.74, 6) is -0.0316. The van der Waals surface area contributed by atoms with Crippen molar-refractivity contribution in [2.24, 2.45) is 0 Å². The molecule has 8 nitrogen and oxygen atoms in total. The van der Waals surface area contributed by atoms with Crippen LogP contribution in [0.2, 0.25) is 0 Å². The number of rotatable bonds is 11. The van der Waals surface area contributed by atoms with Crippen LogP contribution in [0.5, 0.6) is 11.5 Å². The van der Waals surface area contributed by atoms with Crippen molar-refractivity contribution in [2.75, 3.05) is 19.4 Å². The van der Waals surface area contributed by atoms with Crippen molar-refractivity contribution in [1.29, 1.82) is 0 Å². The number of ether oxygens (including phenoxy) is 1. The van der Waals surface area contributed by atoms with E-state index in [-0.39, 0.29) is 6.61 Å². The molecule has 0 spiro atoms. The van der Waals surface area contributed by atoms with E-state index in [1.165, 1.54) is 17.3 Å². The molecular formula is C24H29N2O6P. The van der Waals surface area contributed by atoms with Crippen LogP contribution in [-0.2, 0) is 14.1 Å². The van der Waals surface area contributed by atoms with Gasteiger partial charge in [0, 0.05) is 12.4 Å². The highest BCUT2D eigenvalue weighted by Crippen LogP contribution is 2.49. The van der Waals surface area contributed by atoms with Gasteiger partial charge < -0.3 is 13.8 Å². The topological polar surface area (TPSA) is 85.4 Å². The number of esters is 1. The Balaban J connectivity index is 2.41. The van der Waals surface area contributed by atoms with Crippen LogP contribution in [0.15, 0.2) is 85.2 Å². The predicted octanol–water partition coefficient (Wildman–Crippen LogP) is 5.65. The molecule has 0 radical (unpaired) electrons. The summed E-state index contributed by atoms with van der Waals surface area (Å²) < 4.78 is 30.4. The van der Waals surface area contributed by atoms with Gasteiger partial charge in [0.05, 0.1) is 6.61 Å². The van der Waals surface area contributed by atoms with E-state index in [2.05, 4.69) is 0 Å². The van der Waals surface area contributed by atoms with Crippen LogP contribution in [0.25, 0.3) is 0 Å². The van der Waals surface area contributed by atoms with Crippen molar-refractivity contribution in [2.45, 2.75) is 20.8 Å². The number of urea groups is 1. The Kier molecular flexibility index (Phi) is 10.2. The summed E-state index contributed by atoms with van der Waals surface area (Å²) in [5.41, 5.74) is 0. The first-order chi connectivity index (χ1) is 15.9. The van der Waals surface area contributed by atoms with Gasteiger partial charge in [0.1, 0.15) is 24.3 Å². The molecule has 0 aromatic heterocycles. The third-order valence-corrected chi connectivity index (χ3v) is 5.72. The summed E-state index contributed by atoms with van der Waals surface area (Å²) in [6.07, 6.45) is 5.91. The summed E-state index contributed by atoms with van der Waals surface area (Å²) >= 11 is 0. The Labute approximate surface area is 194 Å². The maximum atomic E-state index is 13.9. The molecule has 33 heavy (non-hydrogen) atoms. The van der Waals surface area contributed by atoms with Gasteiger partial charge in [-0.2, -0.15) is 0 Å². The summed E-state index contributed by atoms with van der Waals surface area (Å²) in [6, 6.07) is 16.4. The lowest BCUT2D eigenvalue weighted by Gasteiger charge is -2.29. The van der Waals surface area contributed by atoms with Crippen molar-refractivity contribution in [3.8, 4) is 11.5 Å². The maximum absolute atomic E-state index is 13.9. The number of allylic oxidation sites excluding steroid dienone is 2. The van der Waals surface area contributed by atoms with E-state index < -0.39 is 32.4 Å². The van der Waals surface area contributed by atoms with Crippen molar-refractivity contribution in [3.63, 3.8) is 0 Å². The molecule has 2 rings (SSSR count). The van der Waals surface area contributed by atoms with Crippen LogP contribution in [0.1, 0.15) is 20.8 Å². The highest BCUT2D eigenvalue weighted by Gasteiger charge is 2.36. The third-order valence-electron chi connectivity index (χ3n) is 4.06. The monoisotopic (exact) mass is 472 g/mol. The van der Waals surface area contributed by atoms with Crippen LogP contribution in [-0.4, -0.2) is 41.2 Å². The van der Waals surface area contributed by atoms with Gasteiger partial charge in [0.25, 0.3) is 0 Å². The second-order valence-electron chi connectivity index (χ2n) is 6.72. The van der Waals surface area contributed by atoms with Gasteiger partial charge in [-0.1, -0.05) is 48.6 Å². The van der Waals surface area contributed by atoms with E-state index in [0.29, 0.717) is 11.5 Å². The molecule has 2 aromatic rings. The third kappa shape index (κ3) is 8.50. The minimum Gasteiger partial charge on any atom is -0.465 e. The fourth-order valence-corrected chi connectivity index (χ4v) is 4.45. The normalized spacial score (nSPS) is 11.4. The molecule has 0 unspecified atom stereocenters. The van der Waals surface area contributed by atoms with E-state index >= 15 is 0 Å². The number of amides is 2. The zero-order chi connectivity index (χ0) is 24.1. The number of para-hydroxylation sites is 2. The molecule has 0 aliphatic rings. The first-order valence-corrected chi connectivity index (χ1v) is 12.2. The van der Waals surface area contributed by atoms with Gasteiger partial charge >= 0.3 is 19.6 Å². The summed E-state index contributed by atoms with van der Waals surface area (Å²) in [4.78, 5) is 27.9. The molecule has 0 fully saturated rings. The maximum Gasteiger partial charge on any atom is 0.450 e. The van der Waals surface area contributed by atoms with E-state index in [4.69, 9.17) is 13.8 Å². The Morgan fingerprint density at radius 2 is 1.36 bits per heavy atom. The molecule has 0 saturated heterocycles. The van der Waals surface area contributed by atoms with Gasteiger partial charge in [-0.3, -0.25) is 14.6 Å². The fourth-order valence-electron chi connectivity index (χ4n) is 2.77. The van der Waals surface area contributed by atoms with Crippen LogP contribution < -0.4 is 9.05 Å². The molecule has 0 aliphatic carbocycles. The molecule has 176 valence electrons. The molecule has 0 N–H and O–H groups in total. The van der Waals surface area contributed by atoms with Crippen molar-refractivity contribution >= 4 is 19.6 Å². The number of carbonyl (C=O) groups excluding carboxylic acids is 2. The lowest BCUT2D eigenvalue weighted by atomic mass is 10.3. The summed E-state index contributed by atoms with van der Waals surface area (Å²) in [7, 11) is -4.00. The Bertz CT molecular complexity index is 937. The number of nitrogens with zero attached hydrogens (tertiary/aromatic N) is 2. The average molecular weight is 472 g/mol. The standard InChI is InChI=1S/C24H29N2O6P/c1-4-17-25(18-5-2)24(28)26(19-23(27)30-6-3)20-33(29,31-21-13-9-7-10-14-21)32-22-15-11-8-12-16-22/h4-5,7-18H,6,19-20H2,1-3H3. The van der Waals surface area contributed by atoms with Crippen molar-refractivity contribution < 1.29 is 27.9 Å². The number of hydrogen-bond donors (Lipinski definition) is 0. The Hall–Kier alpha value is -3.51. The van der Waals surface area contributed by atoms with E-state index in [9.17, 15) is 14.2 Å². The lowest BCUT2D eigenvalue weighted by Crippen LogP contribution is -2.43. The Morgan fingerprint density at radius 3 is 1.79 bits per heavy atom. The van der Waals surface area contributed by atoms with E-state index in [1.54, 1.807) is 93.6 Å². The minimum absolute atomic E-state index is 0.146. The second kappa shape index (κ2) is 13.1. The van der Waals surface area contributed by atoms with Crippen molar-refractivity contribution in [3.05, 3.63) is 85.2 Å². The molecular weight excluding hydrogens is 443 g/mol. The fraction of sp³-hybridized carbons (Fsp3) is 0.250. The van der Waals surface area contributed by atoms with Crippen LogP contribution >= 0.6 is 7.60 Å². The van der Waals surface area contributed by atoms with Gasteiger partial charge in [0.2, 0.25) is 0 Å². The average Bonchev–Trinajstić information content (AvgIpc) is 2.79. The summed E-state index contributed by atoms with van der Waals surface area (Å²) in [5, 5.41) is 0. The largest absolute Gasteiger partial charge is 0.465 e. The van der Waals surface area contributed by atoms with E-state index in [0.717, 1.165) is 4.90 Å². The SMILES string of the molecule is CC=CN(C=CC)C(=O)N(CC(=O)OCC)CP(=O)(Oc1ccccc1)Oc1ccccc1. The van der Waals surface area contributed by atoms with Gasteiger partial charge in [-0.25, -0.2) is 9.36 Å². The molecule has 2 amide bonds. The highest BCUT2D eigenvalue weighted by molar-refractivity contribution is 7.54. The molecule has 0 aliphatic heterocycles. The second-order valence-corrected chi connectivity index (χ2v) is 8.59. The molecule has 0 heterocycles. The molecule has 2 aromatic carbocycles. The molecule has 9 heteroatoms. The number of benzene rings is 2. The van der Waals surface area contributed by atoms with Crippen LogP contribution in [0.4, 0.5) is 4.79 Å². The predicted molar refractivity (Wildman–Crippen MR) is 127 cm³/mol. The van der Waals surface area contributed by atoms with Gasteiger partial charge in [-0.15, -0.1) is 0 Å². The number of hydrogen-bond acceptors (Lipinski definition) is 6. The number of carbonyl (C=O) groups is 2. The lowest BCUT2D eigenvalue weighted by molar-refractivity contribution is -0.143. The first-order valence-electron chi connectivity index (χ1n) is 10.5. The van der Waals surface area contributed by atoms with Crippen molar-refractivity contribution in [1.82, 2.24) is 9.80 Å². The molecule has 0 bridgehead atoms. The smallest absolute Gasteiger partial charge is 0.450 e. The first kappa shape index (κ1) is 25.7. The highest BCUT2D eigenvalue weighted by atomic mass is 31.2. The van der Waals surface area contributed by atoms with Crippen LogP contribution in [0.3, 0.4) is 0 Å². The zero-order valence-corrected chi connectivity index (χ0v) is 19.9. The molecule has 0 atom stereocenters. The quantitative estimate of drug-likeness (QED) is 0.310. The summed E-state index contributed by atoms with van der Waals surface area (Å²) in [6.45, 7) is 4.88. The van der Waals surface area contributed by atoms with E-state index in [1.807, 2.05) is 0 Å². The zero-order valence-electron chi connectivity index (χ0n) is 19.0. The van der Waals surface area contributed by atoms with Gasteiger partial charge in [0.15, 0.2) is 0 Å². The minimum atomic E-state index is -4.00. The van der Waals surface area contributed by atoms with Crippen LogP contribution in [0, 0.1) is 0 Å². The van der Waals surface area contributed by atoms with Gasteiger partial charge in [-0.05, 0) is 45.0 Å². The Morgan fingerprint density at radius 1 is 0.879 bits per heavy atom. The molecule has 0 saturated carbocycles.